The Kier molecular flexibility index (Phi) is 6.64. The highest BCUT2D eigenvalue weighted by Gasteiger charge is 2.18. The number of rotatable bonds is 8. The zero-order chi connectivity index (χ0) is 15.9. The van der Waals surface area contributed by atoms with Gasteiger partial charge in [-0.05, 0) is 24.6 Å². The number of primary sulfonamides is 1. The summed E-state index contributed by atoms with van der Waals surface area (Å²) in [5.41, 5.74) is 0.135. The van der Waals surface area contributed by atoms with Crippen LogP contribution in [0.2, 0.25) is 0 Å². The maximum atomic E-state index is 11.9. The molecular weight excluding hydrogens is 294 g/mol. The van der Waals surface area contributed by atoms with Gasteiger partial charge in [0.05, 0.1) is 19.3 Å². The third-order valence-corrected chi connectivity index (χ3v) is 3.87. The van der Waals surface area contributed by atoms with E-state index < -0.39 is 16.0 Å². The second kappa shape index (κ2) is 7.99. The number of carbonyl (C=O) groups is 1. The Balaban J connectivity index is 2.77. The first-order chi connectivity index (χ1) is 9.90. The lowest BCUT2D eigenvalue weighted by atomic mass is 10.2. The summed E-state index contributed by atoms with van der Waals surface area (Å²) in [6, 6.07) is 4.00. The lowest BCUT2D eigenvalue weighted by molar-refractivity contribution is 0.0497. The summed E-state index contributed by atoms with van der Waals surface area (Å²) in [5.74, 6) is -0.476. The van der Waals surface area contributed by atoms with Crippen LogP contribution in [-0.4, -0.2) is 28.1 Å². The average molecular weight is 315 g/mol. The van der Waals surface area contributed by atoms with E-state index in [4.69, 9.17) is 14.6 Å². The zero-order valence-corrected chi connectivity index (χ0v) is 13.1. The molecule has 1 aromatic carbocycles. The molecule has 0 aliphatic carbocycles. The number of sulfonamides is 1. The Hall–Kier alpha value is -1.60. The lowest BCUT2D eigenvalue weighted by Gasteiger charge is -2.09. The van der Waals surface area contributed by atoms with Crippen molar-refractivity contribution in [1.29, 1.82) is 0 Å². The molecule has 0 spiro atoms. The number of hydrogen-bond donors (Lipinski definition) is 1. The van der Waals surface area contributed by atoms with Crippen LogP contribution in [0.4, 0.5) is 0 Å². The van der Waals surface area contributed by atoms with Gasteiger partial charge in [0.2, 0.25) is 10.0 Å². The van der Waals surface area contributed by atoms with Crippen molar-refractivity contribution in [2.24, 2.45) is 5.14 Å². The second-order valence-corrected chi connectivity index (χ2v) is 6.14. The van der Waals surface area contributed by atoms with Crippen molar-refractivity contribution in [3.05, 3.63) is 23.8 Å². The first kappa shape index (κ1) is 17.5. The van der Waals surface area contributed by atoms with E-state index >= 15 is 0 Å². The fraction of sp³-hybridized carbons (Fsp3) is 0.500. The van der Waals surface area contributed by atoms with Crippen molar-refractivity contribution in [2.45, 2.75) is 37.5 Å². The van der Waals surface area contributed by atoms with Gasteiger partial charge in [0.15, 0.2) is 0 Å². The van der Waals surface area contributed by atoms with Crippen molar-refractivity contribution >= 4 is 16.0 Å². The van der Waals surface area contributed by atoms with Crippen LogP contribution < -0.4 is 9.88 Å². The number of methoxy groups -OCH3 is 1. The van der Waals surface area contributed by atoms with E-state index in [0.717, 1.165) is 25.7 Å². The quantitative estimate of drug-likeness (QED) is 0.585. The van der Waals surface area contributed by atoms with Gasteiger partial charge in [-0.1, -0.05) is 26.2 Å². The summed E-state index contributed by atoms with van der Waals surface area (Å²) in [7, 11) is -2.64. The molecule has 0 fully saturated rings. The fourth-order valence-corrected chi connectivity index (χ4v) is 2.53. The smallest absolute Gasteiger partial charge is 0.338 e. The van der Waals surface area contributed by atoms with Crippen molar-refractivity contribution in [3.63, 3.8) is 0 Å². The molecule has 0 heterocycles. The minimum atomic E-state index is -3.97. The van der Waals surface area contributed by atoms with E-state index in [1.807, 2.05) is 0 Å². The number of unbranched alkanes of at least 4 members (excludes halogenated alkanes) is 3. The second-order valence-electron chi connectivity index (χ2n) is 4.61. The molecule has 0 aliphatic rings. The van der Waals surface area contributed by atoms with Crippen LogP contribution in [0.1, 0.15) is 43.0 Å². The van der Waals surface area contributed by atoms with Crippen molar-refractivity contribution in [1.82, 2.24) is 0 Å². The molecule has 0 aromatic heterocycles. The molecular formula is C14H21NO5S. The molecule has 2 N–H and O–H groups in total. The van der Waals surface area contributed by atoms with E-state index in [-0.39, 0.29) is 16.2 Å². The summed E-state index contributed by atoms with van der Waals surface area (Å²) in [4.78, 5) is 11.6. The summed E-state index contributed by atoms with van der Waals surface area (Å²) < 4.78 is 33.0. The van der Waals surface area contributed by atoms with Crippen LogP contribution in [0.3, 0.4) is 0 Å². The highest BCUT2D eigenvalue weighted by molar-refractivity contribution is 7.89. The number of ether oxygens (including phenoxy) is 2. The van der Waals surface area contributed by atoms with Crippen LogP contribution in [0.25, 0.3) is 0 Å². The normalized spacial score (nSPS) is 11.2. The van der Waals surface area contributed by atoms with Gasteiger partial charge in [-0.3, -0.25) is 0 Å². The number of hydrogen-bond acceptors (Lipinski definition) is 5. The van der Waals surface area contributed by atoms with Gasteiger partial charge in [-0.2, -0.15) is 0 Å². The standard InChI is InChI=1S/C14H21NO5S/c1-3-4-5-6-9-20-14(16)11-7-8-12(19-2)13(10-11)21(15,17)18/h7-8,10H,3-6,9H2,1-2H3,(H2,15,17,18). The van der Waals surface area contributed by atoms with Crippen LogP contribution in [0.15, 0.2) is 23.1 Å². The van der Waals surface area contributed by atoms with E-state index in [1.54, 1.807) is 0 Å². The van der Waals surface area contributed by atoms with Crippen molar-refractivity contribution in [2.75, 3.05) is 13.7 Å². The molecule has 0 aliphatic heterocycles. The molecule has 0 atom stereocenters. The summed E-state index contributed by atoms with van der Waals surface area (Å²) >= 11 is 0. The fourth-order valence-electron chi connectivity index (χ4n) is 1.80. The molecule has 1 aromatic rings. The molecule has 0 bridgehead atoms. The Labute approximate surface area is 125 Å². The Morgan fingerprint density at radius 2 is 1.95 bits per heavy atom. The van der Waals surface area contributed by atoms with Crippen LogP contribution >= 0.6 is 0 Å². The monoisotopic (exact) mass is 315 g/mol. The number of esters is 1. The molecule has 0 amide bonds. The Morgan fingerprint density at radius 3 is 2.52 bits per heavy atom. The molecule has 0 unspecified atom stereocenters. The molecule has 21 heavy (non-hydrogen) atoms. The van der Waals surface area contributed by atoms with Gasteiger partial charge < -0.3 is 9.47 Å². The van der Waals surface area contributed by atoms with Crippen molar-refractivity contribution in [3.8, 4) is 5.75 Å². The largest absolute Gasteiger partial charge is 0.495 e. The molecule has 0 saturated heterocycles. The van der Waals surface area contributed by atoms with Gasteiger partial charge in [-0.25, -0.2) is 18.4 Å². The Bertz CT molecular complexity index is 583. The van der Waals surface area contributed by atoms with Gasteiger partial charge in [-0.15, -0.1) is 0 Å². The van der Waals surface area contributed by atoms with Crippen LogP contribution in [0, 0.1) is 0 Å². The van der Waals surface area contributed by atoms with E-state index in [0.29, 0.717) is 6.61 Å². The first-order valence-electron chi connectivity index (χ1n) is 6.78. The van der Waals surface area contributed by atoms with Gasteiger partial charge in [0.1, 0.15) is 10.6 Å². The molecule has 1 rings (SSSR count). The minimum absolute atomic E-state index is 0.0944. The summed E-state index contributed by atoms with van der Waals surface area (Å²) in [6.45, 7) is 2.41. The van der Waals surface area contributed by atoms with Gasteiger partial charge in [0, 0.05) is 0 Å². The summed E-state index contributed by atoms with van der Waals surface area (Å²) in [6.07, 6.45) is 3.98. The third-order valence-electron chi connectivity index (χ3n) is 2.94. The molecule has 118 valence electrons. The maximum absolute atomic E-state index is 11.9. The highest BCUT2D eigenvalue weighted by atomic mass is 32.2. The lowest BCUT2D eigenvalue weighted by Crippen LogP contribution is -2.15. The molecule has 0 radical (unpaired) electrons. The molecule has 6 nitrogen and oxygen atoms in total. The van der Waals surface area contributed by atoms with Crippen LogP contribution in [0.5, 0.6) is 5.75 Å². The number of nitrogens with two attached hydrogens (primary N) is 1. The third kappa shape index (κ3) is 5.35. The topological polar surface area (TPSA) is 95.7 Å². The van der Waals surface area contributed by atoms with Gasteiger partial charge >= 0.3 is 5.97 Å². The Morgan fingerprint density at radius 1 is 1.24 bits per heavy atom. The van der Waals surface area contributed by atoms with Crippen molar-refractivity contribution < 1.29 is 22.7 Å². The number of carbonyl (C=O) groups excluding carboxylic acids is 1. The predicted octanol–water partition coefficient (Wildman–Crippen LogP) is 2.08. The van der Waals surface area contributed by atoms with Gasteiger partial charge in [0.25, 0.3) is 0 Å². The number of benzene rings is 1. The maximum Gasteiger partial charge on any atom is 0.338 e. The zero-order valence-electron chi connectivity index (χ0n) is 12.3. The van der Waals surface area contributed by atoms with Crippen LogP contribution in [-0.2, 0) is 14.8 Å². The molecule has 7 heteroatoms. The van der Waals surface area contributed by atoms with E-state index in [1.165, 1.54) is 25.3 Å². The SMILES string of the molecule is CCCCCCOC(=O)c1ccc(OC)c(S(N)(=O)=O)c1. The average Bonchev–Trinajstić information content (AvgIpc) is 2.45. The first-order valence-corrected chi connectivity index (χ1v) is 8.32. The predicted molar refractivity (Wildman–Crippen MR) is 78.8 cm³/mol. The summed E-state index contributed by atoms with van der Waals surface area (Å²) in [5, 5.41) is 5.10. The minimum Gasteiger partial charge on any atom is -0.495 e. The van der Waals surface area contributed by atoms with E-state index in [9.17, 15) is 13.2 Å². The molecule has 0 saturated carbocycles. The highest BCUT2D eigenvalue weighted by Crippen LogP contribution is 2.24. The van der Waals surface area contributed by atoms with E-state index in [2.05, 4.69) is 6.92 Å².